The fraction of sp³-hybridized carbons (Fsp3) is 0.294. The number of methoxy groups -OCH3 is 1. The zero-order valence-electron chi connectivity index (χ0n) is 12.1. The van der Waals surface area contributed by atoms with Crippen LogP contribution in [0.25, 0.3) is 0 Å². The molecule has 1 N–H and O–H groups in total. The fourth-order valence-corrected chi connectivity index (χ4v) is 2.01. The summed E-state index contributed by atoms with van der Waals surface area (Å²) in [7, 11) is 1.61. The van der Waals surface area contributed by atoms with E-state index in [1.54, 1.807) is 32.2 Å². The second kappa shape index (κ2) is 7.20. The van der Waals surface area contributed by atoms with Crippen LogP contribution in [0.15, 0.2) is 48.5 Å². The molecule has 0 fully saturated rings. The fourth-order valence-electron chi connectivity index (χ4n) is 2.01. The molecule has 112 valence electrons. The number of halogens is 1. The van der Waals surface area contributed by atoms with Crippen molar-refractivity contribution in [1.29, 1.82) is 0 Å². The Hall–Kier alpha value is -1.91. The van der Waals surface area contributed by atoms with Gasteiger partial charge in [0.25, 0.3) is 0 Å². The van der Waals surface area contributed by atoms with E-state index < -0.39 is 18.0 Å². The summed E-state index contributed by atoms with van der Waals surface area (Å²) in [6.45, 7) is 2.07. The van der Waals surface area contributed by atoms with Gasteiger partial charge in [-0.3, -0.25) is 0 Å². The van der Waals surface area contributed by atoms with Gasteiger partial charge in [-0.1, -0.05) is 30.3 Å². The van der Waals surface area contributed by atoms with Crippen molar-refractivity contribution in [3.05, 3.63) is 65.5 Å². The Bertz CT molecular complexity index is 569. The molecule has 4 heteroatoms. The van der Waals surface area contributed by atoms with E-state index in [0.717, 1.165) is 11.3 Å². The van der Waals surface area contributed by atoms with Crippen LogP contribution in [0.5, 0.6) is 5.75 Å². The van der Waals surface area contributed by atoms with Crippen LogP contribution in [-0.2, 0) is 11.3 Å². The van der Waals surface area contributed by atoms with Gasteiger partial charge in [0, 0.05) is 5.56 Å². The second-order valence-electron chi connectivity index (χ2n) is 4.83. The minimum absolute atomic E-state index is 0.250. The van der Waals surface area contributed by atoms with Crippen LogP contribution >= 0.6 is 0 Å². The molecule has 0 amide bonds. The van der Waals surface area contributed by atoms with Crippen molar-refractivity contribution >= 4 is 0 Å². The van der Waals surface area contributed by atoms with E-state index in [2.05, 4.69) is 0 Å². The van der Waals surface area contributed by atoms with Crippen molar-refractivity contribution in [1.82, 2.24) is 0 Å². The monoisotopic (exact) mass is 290 g/mol. The molecule has 2 rings (SSSR count). The number of benzene rings is 2. The quantitative estimate of drug-likeness (QED) is 0.885. The minimum atomic E-state index is -0.996. The Labute approximate surface area is 124 Å². The highest BCUT2D eigenvalue weighted by atomic mass is 19.1. The molecule has 0 heterocycles. The van der Waals surface area contributed by atoms with Crippen LogP contribution < -0.4 is 4.74 Å². The van der Waals surface area contributed by atoms with Crippen LogP contribution in [0.4, 0.5) is 4.39 Å². The average molecular weight is 290 g/mol. The first kappa shape index (κ1) is 15.5. The number of hydrogen-bond donors (Lipinski definition) is 1. The molecule has 0 aliphatic rings. The molecular formula is C17H19FO3. The van der Waals surface area contributed by atoms with Crippen LogP contribution in [0, 0.1) is 5.82 Å². The Morgan fingerprint density at radius 2 is 1.76 bits per heavy atom. The topological polar surface area (TPSA) is 38.7 Å². The SMILES string of the molecule is COc1ccc(COC(C)C(O)c2ccccc2F)cc1. The Kier molecular flexibility index (Phi) is 5.31. The number of aliphatic hydroxyl groups excluding tert-OH is 1. The molecule has 0 saturated carbocycles. The van der Waals surface area contributed by atoms with Gasteiger partial charge in [0.15, 0.2) is 0 Å². The van der Waals surface area contributed by atoms with Crippen LogP contribution in [-0.4, -0.2) is 18.3 Å². The summed E-state index contributed by atoms with van der Waals surface area (Å²) in [5.74, 6) is 0.350. The molecule has 2 unspecified atom stereocenters. The number of rotatable bonds is 6. The highest BCUT2D eigenvalue weighted by Gasteiger charge is 2.20. The predicted molar refractivity (Wildman–Crippen MR) is 78.6 cm³/mol. The number of aliphatic hydroxyl groups is 1. The van der Waals surface area contributed by atoms with Gasteiger partial charge in [-0.25, -0.2) is 4.39 Å². The van der Waals surface area contributed by atoms with Crippen molar-refractivity contribution in [2.45, 2.75) is 25.7 Å². The first-order valence-corrected chi connectivity index (χ1v) is 6.79. The van der Waals surface area contributed by atoms with Crippen molar-refractivity contribution in [3.8, 4) is 5.75 Å². The largest absolute Gasteiger partial charge is 0.497 e. The molecule has 0 saturated heterocycles. The smallest absolute Gasteiger partial charge is 0.129 e. The highest BCUT2D eigenvalue weighted by molar-refractivity contribution is 5.26. The van der Waals surface area contributed by atoms with E-state index in [1.165, 1.54) is 6.07 Å². The molecule has 0 spiro atoms. The van der Waals surface area contributed by atoms with Crippen molar-refractivity contribution in [3.63, 3.8) is 0 Å². The van der Waals surface area contributed by atoms with E-state index in [1.807, 2.05) is 24.3 Å². The van der Waals surface area contributed by atoms with Crippen molar-refractivity contribution in [2.75, 3.05) is 7.11 Å². The van der Waals surface area contributed by atoms with Gasteiger partial charge in [-0.2, -0.15) is 0 Å². The molecule has 2 aromatic rings. The molecule has 0 aliphatic heterocycles. The summed E-state index contributed by atoms with van der Waals surface area (Å²) in [5, 5.41) is 10.1. The summed E-state index contributed by atoms with van der Waals surface area (Å²) >= 11 is 0. The highest BCUT2D eigenvalue weighted by Crippen LogP contribution is 2.22. The number of ether oxygens (including phenoxy) is 2. The van der Waals surface area contributed by atoms with Gasteiger partial charge >= 0.3 is 0 Å². The normalized spacial score (nSPS) is 13.7. The standard InChI is InChI=1S/C17H19FO3/c1-12(17(19)15-5-3-4-6-16(15)18)21-11-13-7-9-14(20-2)10-8-13/h3-10,12,17,19H,11H2,1-2H3. The molecule has 21 heavy (non-hydrogen) atoms. The zero-order valence-corrected chi connectivity index (χ0v) is 12.1. The van der Waals surface area contributed by atoms with E-state index in [0.29, 0.717) is 6.61 Å². The van der Waals surface area contributed by atoms with Gasteiger partial charge in [-0.05, 0) is 30.7 Å². The van der Waals surface area contributed by atoms with Crippen LogP contribution in [0.1, 0.15) is 24.2 Å². The van der Waals surface area contributed by atoms with Crippen LogP contribution in [0.3, 0.4) is 0 Å². The van der Waals surface area contributed by atoms with Gasteiger partial charge in [0.1, 0.15) is 17.7 Å². The number of hydrogen-bond acceptors (Lipinski definition) is 3. The van der Waals surface area contributed by atoms with Gasteiger partial charge in [-0.15, -0.1) is 0 Å². The third-order valence-electron chi connectivity index (χ3n) is 3.34. The Morgan fingerprint density at radius 3 is 2.38 bits per heavy atom. The van der Waals surface area contributed by atoms with Gasteiger partial charge in [0.05, 0.1) is 19.8 Å². The zero-order chi connectivity index (χ0) is 15.2. The van der Waals surface area contributed by atoms with Crippen molar-refractivity contribution < 1.29 is 19.0 Å². The van der Waals surface area contributed by atoms with Crippen LogP contribution in [0.2, 0.25) is 0 Å². The van der Waals surface area contributed by atoms with E-state index >= 15 is 0 Å². The summed E-state index contributed by atoms with van der Waals surface area (Å²) in [6.07, 6.45) is -1.51. The first-order valence-electron chi connectivity index (χ1n) is 6.79. The summed E-state index contributed by atoms with van der Waals surface area (Å²) in [5.41, 5.74) is 1.21. The molecule has 0 aliphatic carbocycles. The summed E-state index contributed by atoms with van der Waals surface area (Å²) in [4.78, 5) is 0. The second-order valence-corrected chi connectivity index (χ2v) is 4.83. The first-order chi connectivity index (χ1) is 10.1. The van der Waals surface area contributed by atoms with E-state index in [-0.39, 0.29) is 5.56 Å². The third-order valence-corrected chi connectivity index (χ3v) is 3.34. The molecule has 3 nitrogen and oxygen atoms in total. The Balaban J connectivity index is 1.94. The molecule has 0 bridgehead atoms. The lowest BCUT2D eigenvalue weighted by Crippen LogP contribution is -2.19. The summed E-state index contributed by atoms with van der Waals surface area (Å²) < 4.78 is 24.3. The molecule has 0 radical (unpaired) electrons. The average Bonchev–Trinajstić information content (AvgIpc) is 2.53. The predicted octanol–water partition coefficient (Wildman–Crippen LogP) is 3.47. The molecule has 2 atom stereocenters. The molecule has 0 aromatic heterocycles. The molecule has 2 aromatic carbocycles. The van der Waals surface area contributed by atoms with Gasteiger partial charge < -0.3 is 14.6 Å². The minimum Gasteiger partial charge on any atom is -0.497 e. The maximum atomic E-state index is 13.6. The lowest BCUT2D eigenvalue weighted by atomic mass is 10.0. The maximum Gasteiger partial charge on any atom is 0.129 e. The maximum absolute atomic E-state index is 13.6. The van der Waals surface area contributed by atoms with E-state index in [9.17, 15) is 9.50 Å². The van der Waals surface area contributed by atoms with Crippen molar-refractivity contribution in [2.24, 2.45) is 0 Å². The Morgan fingerprint density at radius 1 is 1.10 bits per heavy atom. The third kappa shape index (κ3) is 4.03. The lowest BCUT2D eigenvalue weighted by Gasteiger charge is -2.20. The summed E-state index contributed by atoms with van der Waals surface area (Å²) in [6, 6.07) is 13.6. The van der Waals surface area contributed by atoms with E-state index in [4.69, 9.17) is 9.47 Å². The lowest BCUT2D eigenvalue weighted by molar-refractivity contribution is -0.0377. The molecular weight excluding hydrogens is 271 g/mol. The van der Waals surface area contributed by atoms with Gasteiger partial charge in [0.2, 0.25) is 0 Å².